The first-order chi connectivity index (χ1) is 24.1. The molecule has 0 unspecified atom stereocenters. The standard InChI is InChI=1S/C40H29N3O7/c1-24(41-49-26(3)44)37(45)30-16-20-35-33(22-30)34-23-31(38(46)25(2)42-50-40(48)29-12-8-5-9-13-29)17-21-36(34)43(35)32-18-14-28(15-19-32)39(47)27-10-6-4-7-11-27/h4-23H,1-3H3/b41-24?,42-25+. The third kappa shape index (κ3) is 6.76. The van der Waals surface area contributed by atoms with Gasteiger partial charge in [-0.15, -0.1) is 0 Å². The number of oxime groups is 2. The monoisotopic (exact) mass is 663 g/mol. The lowest BCUT2D eigenvalue weighted by Crippen LogP contribution is -2.12. The van der Waals surface area contributed by atoms with Crippen LogP contribution >= 0.6 is 0 Å². The van der Waals surface area contributed by atoms with Crippen LogP contribution < -0.4 is 0 Å². The van der Waals surface area contributed by atoms with E-state index in [0.29, 0.717) is 27.5 Å². The molecular formula is C40H29N3O7. The topological polar surface area (TPSA) is 133 Å². The lowest BCUT2D eigenvalue weighted by molar-refractivity contribution is -0.140. The molecule has 246 valence electrons. The van der Waals surface area contributed by atoms with Gasteiger partial charge in [0.15, 0.2) is 5.78 Å². The lowest BCUT2D eigenvalue weighted by Gasteiger charge is -2.10. The van der Waals surface area contributed by atoms with Crippen molar-refractivity contribution in [2.75, 3.05) is 0 Å². The number of fused-ring (bicyclic) bond motifs is 3. The first kappa shape index (κ1) is 33.1. The highest BCUT2D eigenvalue weighted by molar-refractivity contribution is 6.46. The van der Waals surface area contributed by atoms with E-state index in [4.69, 9.17) is 4.84 Å². The number of nitrogens with zero attached hydrogens (tertiary/aromatic N) is 3. The Morgan fingerprint density at radius 3 is 1.44 bits per heavy atom. The van der Waals surface area contributed by atoms with E-state index in [0.717, 1.165) is 16.7 Å². The van der Waals surface area contributed by atoms with Crippen molar-refractivity contribution in [1.29, 1.82) is 0 Å². The number of aromatic nitrogens is 1. The van der Waals surface area contributed by atoms with Crippen LogP contribution in [0.5, 0.6) is 0 Å². The molecule has 0 aliphatic carbocycles. The van der Waals surface area contributed by atoms with Crippen molar-refractivity contribution in [2.45, 2.75) is 20.8 Å². The second kappa shape index (κ2) is 14.1. The van der Waals surface area contributed by atoms with Gasteiger partial charge in [-0.1, -0.05) is 58.8 Å². The summed E-state index contributed by atoms with van der Waals surface area (Å²) < 4.78 is 1.96. The summed E-state index contributed by atoms with van der Waals surface area (Å²) in [6, 6.07) is 34.7. The average molecular weight is 664 g/mol. The minimum atomic E-state index is -0.697. The van der Waals surface area contributed by atoms with Crippen molar-refractivity contribution >= 4 is 62.5 Å². The van der Waals surface area contributed by atoms with Gasteiger partial charge in [-0.25, -0.2) is 9.59 Å². The highest BCUT2D eigenvalue weighted by Crippen LogP contribution is 2.34. The molecule has 0 N–H and O–H groups in total. The number of hydrogen-bond acceptors (Lipinski definition) is 9. The molecular weight excluding hydrogens is 634 g/mol. The van der Waals surface area contributed by atoms with Gasteiger partial charge < -0.3 is 14.2 Å². The SMILES string of the molecule is CC(=O)ON=C(C)C(=O)c1ccc2c(c1)c1cc(C(=O)/C(C)=N/OC(=O)c3ccccc3)ccc1n2-c1ccc(C(=O)c2ccccc2)cc1. The van der Waals surface area contributed by atoms with E-state index in [1.807, 2.05) is 34.9 Å². The minimum Gasteiger partial charge on any atom is -0.318 e. The maximum Gasteiger partial charge on any atom is 0.365 e. The molecule has 6 rings (SSSR count). The molecule has 0 radical (unpaired) electrons. The lowest BCUT2D eigenvalue weighted by atomic mass is 10.0. The summed E-state index contributed by atoms with van der Waals surface area (Å²) in [6.07, 6.45) is 0. The van der Waals surface area contributed by atoms with Crippen LogP contribution in [0.25, 0.3) is 27.5 Å². The molecule has 5 aromatic carbocycles. The summed E-state index contributed by atoms with van der Waals surface area (Å²) in [5, 5.41) is 8.73. The molecule has 0 bridgehead atoms. The zero-order chi connectivity index (χ0) is 35.4. The molecule has 0 saturated carbocycles. The van der Waals surface area contributed by atoms with E-state index in [2.05, 4.69) is 15.1 Å². The van der Waals surface area contributed by atoms with Crippen molar-refractivity contribution in [2.24, 2.45) is 10.3 Å². The van der Waals surface area contributed by atoms with Crippen molar-refractivity contribution in [3.63, 3.8) is 0 Å². The summed E-state index contributed by atoms with van der Waals surface area (Å²) in [4.78, 5) is 73.1. The number of hydrogen-bond donors (Lipinski definition) is 0. The van der Waals surface area contributed by atoms with Gasteiger partial charge in [-0.2, -0.15) is 0 Å². The average Bonchev–Trinajstić information content (AvgIpc) is 3.48. The summed E-state index contributed by atoms with van der Waals surface area (Å²) in [5.41, 5.74) is 4.09. The Kier molecular flexibility index (Phi) is 9.35. The van der Waals surface area contributed by atoms with Gasteiger partial charge in [0.05, 0.1) is 16.6 Å². The molecule has 6 aromatic rings. The highest BCUT2D eigenvalue weighted by atomic mass is 16.7. The number of carbonyl (C=O) groups is 5. The summed E-state index contributed by atoms with van der Waals surface area (Å²) >= 11 is 0. The predicted molar refractivity (Wildman–Crippen MR) is 189 cm³/mol. The van der Waals surface area contributed by atoms with Gasteiger partial charge >= 0.3 is 11.9 Å². The van der Waals surface area contributed by atoms with Crippen LogP contribution in [0.3, 0.4) is 0 Å². The molecule has 0 atom stereocenters. The molecule has 0 spiro atoms. The molecule has 0 aliphatic rings. The normalized spacial score (nSPS) is 11.7. The smallest absolute Gasteiger partial charge is 0.318 e. The van der Waals surface area contributed by atoms with Crippen molar-refractivity contribution in [3.05, 3.63) is 149 Å². The van der Waals surface area contributed by atoms with Crippen LogP contribution in [0.1, 0.15) is 67.8 Å². The largest absolute Gasteiger partial charge is 0.365 e. The predicted octanol–water partition coefficient (Wildman–Crippen LogP) is 7.55. The van der Waals surface area contributed by atoms with E-state index >= 15 is 0 Å². The van der Waals surface area contributed by atoms with E-state index in [-0.39, 0.29) is 28.3 Å². The Morgan fingerprint density at radius 2 is 0.940 bits per heavy atom. The van der Waals surface area contributed by atoms with Gasteiger partial charge in [-0.05, 0) is 86.6 Å². The minimum absolute atomic E-state index is 0.0188. The fourth-order valence-corrected chi connectivity index (χ4v) is 5.47. The van der Waals surface area contributed by atoms with Crippen molar-refractivity contribution < 1.29 is 33.6 Å². The van der Waals surface area contributed by atoms with Crippen LogP contribution in [-0.4, -0.2) is 45.3 Å². The van der Waals surface area contributed by atoms with Gasteiger partial charge in [0, 0.05) is 45.6 Å². The van der Waals surface area contributed by atoms with E-state index in [1.54, 1.807) is 91.0 Å². The third-order valence-corrected chi connectivity index (χ3v) is 7.96. The van der Waals surface area contributed by atoms with Crippen molar-refractivity contribution in [1.82, 2.24) is 4.57 Å². The zero-order valence-electron chi connectivity index (χ0n) is 27.2. The Morgan fingerprint density at radius 1 is 0.500 bits per heavy atom. The Balaban J connectivity index is 1.42. The van der Waals surface area contributed by atoms with E-state index in [9.17, 15) is 24.0 Å². The Bertz CT molecular complexity index is 2370. The highest BCUT2D eigenvalue weighted by Gasteiger charge is 2.20. The Hall–Kier alpha value is -6.81. The molecule has 0 saturated heterocycles. The van der Waals surface area contributed by atoms with Crippen LogP contribution in [0, 0.1) is 0 Å². The second-order valence-corrected chi connectivity index (χ2v) is 11.4. The molecule has 1 heterocycles. The van der Waals surface area contributed by atoms with Crippen LogP contribution in [-0.2, 0) is 14.5 Å². The number of carbonyl (C=O) groups excluding carboxylic acids is 5. The van der Waals surface area contributed by atoms with Crippen molar-refractivity contribution in [3.8, 4) is 5.69 Å². The van der Waals surface area contributed by atoms with Crippen LogP contribution in [0.4, 0.5) is 0 Å². The first-order valence-electron chi connectivity index (χ1n) is 15.5. The van der Waals surface area contributed by atoms with E-state index < -0.39 is 23.5 Å². The maximum atomic E-state index is 13.5. The van der Waals surface area contributed by atoms with E-state index in [1.165, 1.54) is 20.8 Å². The third-order valence-electron chi connectivity index (χ3n) is 7.96. The molecule has 0 aliphatic heterocycles. The number of ketones is 3. The maximum absolute atomic E-state index is 13.5. The van der Waals surface area contributed by atoms with Crippen LogP contribution in [0.2, 0.25) is 0 Å². The molecule has 1 aromatic heterocycles. The quantitative estimate of drug-likeness (QED) is 0.0639. The van der Waals surface area contributed by atoms with Crippen LogP contribution in [0.15, 0.2) is 132 Å². The molecule has 10 nitrogen and oxygen atoms in total. The first-order valence-corrected chi connectivity index (χ1v) is 15.5. The summed E-state index contributed by atoms with van der Waals surface area (Å²) in [7, 11) is 0. The zero-order valence-corrected chi connectivity index (χ0v) is 27.2. The number of rotatable bonds is 10. The number of Topliss-reactive ketones (excluding diaryl/α,β-unsaturated/α-hetero) is 2. The van der Waals surface area contributed by atoms with Gasteiger partial charge in [-0.3, -0.25) is 14.4 Å². The number of benzene rings is 5. The molecule has 10 heteroatoms. The second-order valence-electron chi connectivity index (χ2n) is 11.4. The van der Waals surface area contributed by atoms with Gasteiger partial charge in [0.2, 0.25) is 11.6 Å². The molecule has 0 amide bonds. The molecule has 50 heavy (non-hydrogen) atoms. The van der Waals surface area contributed by atoms with Gasteiger partial charge in [0.1, 0.15) is 11.4 Å². The summed E-state index contributed by atoms with van der Waals surface area (Å²) in [5.74, 6) is -2.37. The fraction of sp³-hybridized carbons (Fsp3) is 0.0750. The molecule has 0 fully saturated rings. The Labute approximate surface area is 286 Å². The summed E-state index contributed by atoms with van der Waals surface area (Å²) in [6.45, 7) is 4.08. The van der Waals surface area contributed by atoms with Gasteiger partial charge in [0.25, 0.3) is 0 Å². The fourth-order valence-electron chi connectivity index (χ4n) is 5.47.